The van der Waals surface area contributed by atoms with Gasteiger partial charge in [-0.15, -0.1) is 0 Å². The van der Waals surface area contributed by atoms with Gasteiger partial charge in [-0.25, -0.2) is 4.79 Å². The molecule has 3 saturated heterocycles. The number of carbonyl (C=O) groups excluding carboxylic acids is 3. The van der Waals surface area contributed by atoms with Crippen molar-refractivity contribution in [2.45, 2.75) is 38.1 Å². The molecule has 3 rings (SSSR count). The number of hydrogen-bond donors (Lipinski definition) is 2. The van der Waals surface area contributed by atoms with Crippen LogP contribution in [0.4, 0.5) is 4.79 Å². The van der Waals surface area contributed by atoms with Crippen molar-refractivity contribution >= 4 is 17.8 Å². The maximum atomic E-state index is 12.6. The van der Waals surface area contributed by atoms with Gasteiger partial charge < -0.3 is 15.5 Å². The zero-order chi connectivity index (χ0) is 15.7. The molecule has 2 N–H and O–H groups in total. The fourth-order valence-electron chi connectivity index (χ4n) is 3.51. The number of nitrogens with zero attached hydrogens (tertiary/aromatic N) is 2. The summed E-state index contributed by atoms with van der Waals surface area (Å²) in [5.74, 6) is 0.276. The van der Waals surface area contributed by atoms with E-state index in [1.807, 2.05) is 0 Å². The SMILES string of the molecule is CC1CCN(C(=O)CN2C(=O)NC3(CCNCC3)C2=O)CC1. The van der Waals surface area contributed by atoms with Crippen molar-refractivity contribution in [2.75, 3.05) is 32.7 Å². The van der Waals surface area contributed by atoms with Crippen LogP contribution in [0.25, 0.3) is 0 Å². The summed E-state index contributed by atoms with van der Waals surface area (Å²) >= 11 is 0. The van der Waals surface area contributed by atoms with E-state index in [0.717, 1.165) is 30.8 Å². The van der Waals surface area contributed by atoms with Gasteiger partial charge in [-0.2, -0.15) is 0 Å². The molecule has 3 aliphatic rings. The van der Waals surface area contributed by atoms with Crippen LogP contribution < -0.4 is 10.6 Å². The molecule has 4 amide bonds. The van der Waals surface area contributed by atoms with Crippen LogP contribution >= 0.6 is 0 Å². The Kier molecular flexibility index (Phi) is 4.08. The van der Waals surface area contributed by atoms with Gasteiger partial charge in [0.2, 0.25) is 5.91 Å². The monoisotopic (exact) mass is 308 g/mol. The highest BCUT2D eigenvalue weighted by Crippen LogP contribution is 2.27. The molecule has 22 heavy (non-hydrogen) atoms. The minimum atomic E-state index is -0.793. The Morgan fingerprint density at radius 3 is 2.50 bits per heavy atom. The zero-order valence-corrected chi connectivity index (χ0v) is 13.1. The first kappa shape index (κ1) is 15.3. The van der Waals surface area contributed by atoms with Crippen molar-refractivity contribution < 1.29 is 14.4 Å². The second kappa shape index (κ2) is 5.87. The Labute approximate surface area is 130 Å². The molecule has 0 aromatic carbocycles. The molecule has 3 heterocycles. The second-order valence-electron chi connectivity index (χ2n) is 6.72. The first-order valence-electron chi connectivity index (χ1n) is 8.14. The maximum Gasteiger partial charge on any atom is 0.325 e. The number of amides is 4. The van der Waals surface area contributed by atoms with Crippen LogP contribution in [0.1, 0.15) is 32.6 Å². The van der Waals surface area contributed by atoms with Crippen molar-refractivity contribution in [3.63, 3.8) is 0 Å². The summed E-state index contributed by atoms with van der Waals surface area (Å²) in [5, 5.41) is 6.00. The highest BCUT2D eigenvalue weighted by atomic mass is 16.2. The fraction of sp³-hybridized carbons (Fsp3) is 0.800. The molecule has 0 aromatic rings. The van der Waals surface area contributed by atoms with Crippen LogP contribution in [0.5, 0.6) is 0 Å². The van der Waals surface area contributed by atoms with Crippen molar-refractivity contribution in [2.24, 2.45) is 5.92 Å². The topological polar surface area (TPSA) is 81.8 Å². The first-order valence-corrected chi connectivity index (χ1v) is 8.14. The molecule has 7 nitrogen and oxygen atoms in total. The van der Waals surface area contributed by atoms with Crippen molar-refractivity contribution in [3.05, 3.63) is 0 Å². The van der Waals surface area contributed by atoms with E-state index in [4.69, 9.17) is 0 Å². The minimum absolute atomic E-state index is 0.124. The Balaban J connectivity index is 1.63. The normalized spacial score (nSPS) is 25.7. The molecule has 0 aliphatic carbocycles. The molecule has 0 bridgehead atoms. The Morgan fingerprint density at radius 1 is 1.23 bits per heavy atom. The van der Waals surface area contributed by atoms with Gasteiger partial charge >= 0.3 is 6.03 Å². The van der Waals surface area contributed by atoms with Gasteiger partial charge in [0.25, 0.3) is 5.91 Å². The Morgan fingerprint density at radius 2 is 1.86 bits per heavy atom. The van der Waals surface area contributed by atoms with Crippen LogP contribution in [-0.4, -0.2) is 65.9 Å². The average molecular weight is 308 g/mol. The molecular formula is C15H24N4O3. The Hall–Kier alpha value is -1.63. The molecular weight excluding hydrogens is 284 g/mol. The molecule has 0 radical (unpaired) electrons. The molecule has 3 aliphatic heterocycles. The highest BCUT2D eigenvalue weighted by molar-refractivity contribution is 6.09. The lowest BCUT2D eigenvalue weighted by Crippen LogP contribution is -2.54. The van der Waals surface area contributed by atoms with Crippen LogP contribution in [0.15, 0.2) is 0 Å². The van der Waals surface area contributed by atoms with E-state index < -0.39 is 11.6 Å². The van der Waals surface area contributed by atoms with Gasteiger partial charge in [0.15, 0.2) is 0 Å². The molecule has 1 spiro atoms. The number of imide groups is 1. The lowest BCUT2D eigenvalue weighted by atomic mass is 9.88. The van der Waals surface area contributed by atoms with Gasteiger partial charge in [0.05, 0.1) is 0 Å². The standard InChI is InChI=1S/C15H24N4O3/c1-11-2-8-18(9-3-11)12(20)10-19-13(21)15(17-14(19)22)4-6-16-7-5-15/h11,16H,2-10H2,1H3,(H,17,22). The minimum Gasteiger partial charge on any atom is -0.341 e. The van der Waals surface area contributed by atoms with Gasteiger partial charge in [0, 0.05) is 13.1 Å². The number of nitrogens with one attached hydrogen (secondary N) is 2. The first-order chi connectivity index (χ1) is 10.5. The van der Waals surface area contributed by atoms with Gasteiger partial charge in [-0.1, -0.05) is 6.92 Å². The predicted octanol–water partition coefficient (Wildman–Crippen LogP) is -0.0811. The van der Waals surface area contributed by atoms with E-state index in [0.29, 0.717) is 31.8 Å². The summed E-state index contributed by atoms with van der Waals surface area (Å²) in [7, 11) is 0. The van der Waals surface area contributed by atoms with Crippen LogP contribution in [-0.2, 0) is 9.59 Å². The van der Waals surface area contributed by atoms with E-state index in [9.17, 15) is 14.4 Å². The summed E-state index contributed by atoms with van der Waals surface area (Å²) in [6.07, 6.45) is 3.15. The van der Waals surface area contributed by atoms with Crippen LogP contribution in [0.3, 0.4) is 0 Å². The molecule has 7 heteroatoms. The summed E-state index contributed by atoms with van der Waals surface area (Å²) in [5.41, 5.74) is -0.793. The maximum absolute atomic E-state index is 12.6. The van der Waals surface area contributed by atoms with Gasteiger partial charge in [0.1, 0.15) is 12.1 Å². The number of urea groups is 1. The molecule has 0 atom stereocenters. The number of likely N-dealkylation sites (tertiary alicyclic amines) is 1. The van der Waals surface area contributed by atoms with E-state index >= 15 is 0 Å². The van der Waals surface area contributed by atoms with Crippen LogP contribution in [0, 0.1) is 5.92 Å². The van der Waals surface area contributed by atoms with Crippen molar-refractivity contribution in [1.82, 2.24) is 20.4 Å². The third-order valence-electron chi connectivity index (χ3n) is 5.13. The van der Waals surface area contributed by atoms with Crippen LogP contribution in [0.2, 0.25) is 0 Å². The third kappa shape index (κ3) is 2.69. The molecule has 0 saturated carbocycles. The third-order valence-corrected chi connectivity index (χ3v) is 5.13. The zero-order valence-electron chi connectivity index (χ0n) is 13.1. The van der Waals surface area contributed by atoms with E-state index in [1.54, 1.807) is 4.90 Å². The molecule has 0 aromatic heterocycles. The lowest BCUT2D eigenvalue weighted by Gasteiger charge is -2.32. The number of piperidine rings is 2. The Bertz CT molecular complexity index is 479. The van der Waals surface area contributed by atoms with E-state index in [-0.39, 0.29) is 18.4 Å². The van der Waals surface area contributed by atoms with Gasteiger partial charge in [-0.3, -0.25) is 14.5 Å². The smallest absolute Gasteiger partial charge is 0.325 e. The van der Waals surface area contributed by atoms with Gasteiger partial charge in [-0.05, 0) is 44.7 Å². The van der Waals surface area contributed by atoms with Crippen molar-refractivity contribution in [1.29, 1.82) is 0 Å². The van der Waals surface area contributed by atoms with E-state index in [1.165, 1.54) is 0 Å². The molecule has 3 fully saturated rings. The number of carbonyl (C=O) groups is 3. The molecule has 122 valence electrons. The summed E-state index contributed by atoms with van der Waals surface area (Å²) in [4.78, 5) is 40.0. The average Bonchev–Trinajstić information content (AvgIpc) is 2.73. The summed E-state index contributed by atoms with van der Waals surface area (Å²) in [6, 6.07) is -0.425. The second-order valence-corrected chi connectivity index (χ2v) is 6.72. The highest BCUT2D eigenvalue weighted by Gasteiger charge is 2.51. The lowest BCUT2D eigenvalue weighted by molar-refractivity contribution is -0.140. The molecule has 0 unspecified atom stereocenters. The quantitative estimate of drug-likeness (QED) is 0.699. The van der Waals surface area contributed by atoms with E-state index in [2.05, 4.69) is 17.6 Å². The number of rotatable bonds is 2. The number of hydrogen-bond acceptors (Lipinski definition) is 4. The largest absolute Gasteiger partial charge is 0.341 e. The van der Waals surface area contributed by atoms with Crippen molar-refractivity contribution in [3.8, 4) is 0 Å². The summed E-state index contributed by atoms with van der Waals surface area (Å²) < 4.78 is 0. The fourth-order valence-corrected chi connectivity index (χ4v) is 3.51. The summed E-state index contributed by atoms with van der Waals surface area (Å²) in [6.45, 7) is 4.90. The predicted molar refractivity (Wildman–Crippen MR) is 80.1 cm³/mol.